The molecule has 1 saturated heterocycles. The van der Waals surface area contributed by atoms with Crippen LogP contribution in [0.3, 0.4) is 0 Å². The van der Waals surface area contributed by atoms with Crippen molar-refractivity contribution in [2.75, 3.05) is 6.61 Å². The first kappa shape index (κ1) is 12.2. The van der Waals surface area contributed by atoms with Crippen molar-refractivity contribution in [2.24, 2.45) is 0 Å². The zero-order valence-corrected chi connectivity index (χ0v) is 9.63. The van der Waals surface area contributed by atoms with Gasteiger partial charge in [-0.3, -0.25) is 4.79 Å². The SMILES string of the molecule is Cc1ccc(C(=O)C2CCCCO2)c(F)c1F. The first-order chi connectivity index (χ1) is 8.11. The normalized spacial score (nSPS) is 20.3. The standard InChI is InChI=1S/C13H14F2O2/c1-8-5-6-9(12(15)11(8)14)13(16)10-4-2-3-7-17-10/h5-6,10H,2-4,7H2,1H3. The van der Waals surface area contributed by atoms with E-state index in [-0.39, 0.29) is 11.1 Å². The Balaban J connectivity index is 2.27. The highest BCUT2D eigenvalue weighted by Crippen LogP contribution is 2.21. The molecule has 0 N–H and O–H groups in total. The van der Waals surface area contributed by atoms with Gasteiger partial charge in [0.1, 0.15) is 6.10 Å². The van der Waals surface area contributed by atoms with Crippen LogP contribution in [0.4, 0.5) is 8.78 Å². The van der Waals surface area contributed by atoms with Gasteiger partial charge in [-0.2, -0.15) is 0 Å². The minimum atomic E-state index is -1.07. The highest BCUT2D eigenvalue weighted by Gasteiger charge is 2.26. The summed E-state index contributed by atoms with van der Waals surface area (Å²) in [7, 11) is 0. The monoisotopic (exact) mass is 240 g/mol. The first-order valence-electron chi connectivity index (χ1n) is 5.71. The van der Waals surface area contributed by atoms with Gasteiger partial charge in [0.15, 0.2) is 17.4 Å². The quantitative estimate of drug-likeness (QED) is 0.743. The highest BCUT2D eigenvalue weighted by molar-refractivity contribution is 5.99. The van der Waals surface area contributed by atoms with Crippen LogP contribution in [-0.2, 0) is 4.74 Å². The fraction of sp³-hybridized carbons (Fsp3) is 0.462. The predicted octanol–water partition coefficient (Wildman–Crippen LogP) is 3.03. The molecule has 0 aliphatic carbocycles. The molecule has 1 aliphatic heterocycles. The average molecular weight is 240 g/mol. The Morgan fingerprint density at radius 1 is 1.29 bits per heavy atom. The number of rotatable bonds is 2. The van der Waals surface area contributed by atoms with E-state index < -0.39 is 23.5 Å². The Hall–Kier alpha value is -1.29. The van der Waals surface area contributed by atoms with E-state index in [4.69, 9.17) is 4.74 Å². The summed E-state index contributed by atoms with van der Waals surface area (Å²) in [5, 5.41) is 0. The Morgan fingerprint density at radius 2 is 2.06 bits per heavy atom. The molecule has 1 heterocycles. The lowest BCUT2D eigenvalue weighted by Gasteiger charge is -2.21. The molecule has 2 rings (SSSR count). The molecule has 1 unspecified atom stereocenters. The molecule has 0 radical (unpaired) electrons. The van der Waals surface area contributed by atoms with Crippen molar-refractivity contribution >= 4 is 5.78 Å². The van der Waals surface area contributed by atoms with E-state index in [2.05, 4.69) is 0 Å². The molecule has 1 aromatic rings. The number of ether oxygens (including phenoxy) is 1. The number of hydrogen-bond acceptors (Lipinski definition) is 2. The van der Waals surface area contributed by atoms with Gasteiger partial charge in [0.05, 0.1) is 5.56 Å². The summed E-state index contributed by atoms with van der Waals surface area (Å²) in [6, 6.07) is 2.74. The number of benzene rings is 1. The third-order valence-electron chi connectivity index (χ3n) is 3.01. The summed E-state index contributed by atoms with van der Waals surface area (Å²) in [5.41, 5.74) is -0.0105. The Labute approximate surface area is 98.6 Å². The van der Waals surface area contributed by atoms with Crippen LogP contribution < -0.4 is 0 Å². The molecule has 1 atom stereocenters. The second-order valence-electron chi connectivity index (χ2n) is 4.28. The van der Waals surface area contributed by atoms with E-state index in [1.807, 2.05) is 0 Å². The minimum absolute atomic E-state index is 0.198. The van der Waals surface area contributed by atoms with Crippen molar-refractivity contribution in [3.8, 4) is 0 Å². The van der Waals surface area contributed by atoms with Crippen LogP contribution in [-0.4, -0.2) is 18.5 Å². The smallest absolute Gasteiger partial charge is 0.194 e. The second-order valence-corrected chi connectivity index (χ2v) is 4.28. The molecule has 1 fully saturated rings. The third-order valence-corrected chi connectivity index (χ3v) is 3.01. The van der Waals surface area contributed by atoms with Crippen molar-refractivity contribution in [3.63, 3.8) is 0 Å². The van der Waals surface area contributed by atoms with Gasteiger partial charge in [-0.15, -0.1) is 0 Å². The molecular weight excluding hydrogens is 226 g/mol. The van der Waals surface area contributed by atoms with Crippen LogP contribution in [0.1, 0.15) is 35.2 Å². The number of carbonyl (C=O) groups is 1. The zero-order valence-electron chi connectivity index (χ0n) is 9.63. The predicted molar refractivity (Wildman–Crippen MR) is 59.0 cm³/mol. The van der Waals surface area contributed by atoms with E-state index >= 15 is 0 Å². The summed E-state index contributed by atoms with van der Waals surface area (Å²) in [6.07, 6.45) is 1.75. The maximum Gasteiger partial charge on any atom is 0.194 e. The van der Waals surface area contributed by atoms with Crippen molar-refractivity contribution in [3.05, 3.63) is 34.9 Å². The van der Waals surface area contributed by atoms with Gasteiger partial charge in [-0.05, 0) is 37.8 Å². The number of carbonyl (C=O) groups excluding carboxylic acids is 1. The summed E-state index contributed by atoms with van der Waals surface area (Å²) in [6.45, 7) is 1.97. The highest BCUT2D eigenvalue weighted by atomic mass is 19.2. The van der Waals surface area contributed by atoms with Crippen LogP contribution >= 0.6 is 0 Å². The summed E-state index contributed by atoms with van der Waals surface area (Å²) >= 11 is 0. The number of Topliss-reactive ketones (excluding diaryl/α,β-unsaturated/α-hetero) is 1. The van der Waals surface area contributed by atoms with Crippen LogP contribution in [0.15, 0.2) is 12.1 Å². The zero-order chi connectivity index (χ0) is 12.4. The summed E-state index contributed by atoms with van der Waals surface area (Å²) in [4.78, 5) is 12.0. The third kappa shape index (κ3) is 2.36. The molecule has 1 aromatic carbocycles. The van der Waals surface area contributed by atoms with Gasteiger partial charge < -0.3 is 4.74 Å². The van der Waals surface area contributed by atoms with Crippen molar-refractivity contribution < 1.29 is 18.3 Å². The lowest BCUT2D eigenvalue weighted by molar-refractivity contribution is 0.0183. The molecule has 92 valence electrons. The topological polar surface area (TPSA) is 26.3 Å². The van der Waals surface area contributed by atoms with Gasteiger partial charge in [0.2, 0.25) is 0 Å². The van der Waals surface area contributed by atoms with Gasteiger partial charge in [0, 0.05) is 6.61 Å². The van der Waals surface area contributed by atoms with Gasteiger partial charge in [-0.1, -0.05) is 6.07 Å². The van der Waals surface area contributed by atoms with Gasteiger partial charge in [0.25, 0.3) is 0 Å². The largest absolute Gasteiger partial charge is 0.370 e. The second kappa shape index (κ2) is 4.92. The Kier molecular flexibility index (Phi) is 3.52. The minimum Gasteiger partial charge on any atom is -0.370 e. The Bertz CT molecular complexity index is 437. The molecule has 4 heteroatoms. The molecule has 0 aromatic heterocycles. The van der Waals surface area contributed by atoms with Crippen molar-refractivity contribution in [1.82, 2.24) is 0 Å². The van der Waals surface area contributed by atoms with Crippen LogP contribution in [0.5, 0.6) is 0 Å². The summed E-state index contributed by atoms with van der Waals surface area (Å²) in [5.74, 6) is -2.48. The van der Waals surface area contributed by atoms with E-state index in [0.29, 0.717) is 13.0 Å². The number of ketones is 1. The molecule has 0 bridgehead atoms. The molecule has 2 nitrogen and oxygen atoms in total. The van der Waals surface area contributed by atoms with Crippen LogP contribution in [0.2, 0.25) is 0 Å². The van der Waals surface area contributed by atoms with Crippen LogP contribution in [0.25, 0.3) is 0 Å². The Morgan fingerprint density at radius 3 is 2.71 bits per heavy atom. The van der Waals surface area contributed by atoms with E-state index in [1.165, 1.54) is 19.1 Å². The number of hydrogen-bond donors (Lipinski definition) is 0. The van der Waals surface area contributed by atoms with E-state index in [0.717, 1.165) is 12.8 Å². The fourth-order valence-corrected chi connectivity index (χ4v) is 1.96. The summed E-state index contributed by atoms with van der Waals surface area (Å²) < 4.78 is 32.2. The maximum absolute atomic E-state index is 13.6. The van der Waals surface area contributed by atoms with Crippen LogP contribution in [0, 0.1) is 18.6 Å². The number of aryl methyl sites for hydroxylation is 1. The van der Waals surface area contributed by atoms with E-state index in [1.54, 1.807) is 0 Å². The molecule has 0 spiro atoms. The average Bonchev–Trinajstić information content (AvgIpc) is 2.36. The van der Waals surface area contributed by atoms with E-state index in [9.17, 15) is 13.6 Å². The molecular formula is C13H14F2O2. The molecule has 1 aliphatic rings. The molecule has 17 heavy (non-hydrogen) atoms. The lowest BCUT2D eigenvalue weighted by atomic mass is 9.98. The molecule has 0 amide bonds. The van der Waals surface area contributed by atoms with Crippen molar-refractivity contribution in [1.29, 1.82) is 0 Å². The van der Waals surface area contributed by atoms with Crippen molar-refractivity contribution in [2.45, 2.75) is 32.3 Å². The molecule has 0 saturated carbocycles. The van der Waals surface area contributed by atoms with Gasteiger partial charge in [-0.25, -0.2) is 8.78 Å². The number of halogens is 2. The maximum atomic E-state index is 13.6. The lowest BCUT2D eigenvalue weighted by Crippen LogP contribution is -2.29. The first-order valence-corrected chi connectivity index (χ1v) is 5.71. The van der Waals surface area contributed by atoms with Gasteiger partial charge >= 0.3 is 0 Å². The fourth-order valence-electron chi connectivity index (χ4n) is 1.96.